The van der Waals surface area contributed by atoms with E-state index in [1.54, 1.807) is 0 Å². The molecule has 1 atom stereocenters. The predicted molar refractivity (Wildman–Crippen MR) is 94.0 cm³/mol. The van der Waals surface area contributed by atoms with E-state index in [4.69, 9.17) is 0 Å². The van der Waals surface area contributed by atoms with E-state index in [0.717, 1.165) is 6.42 Å². The van der Waals surface area contributed by atoms with Crippen LogP contribution in [0.25, 0.3) is 0 Å². The second-order valence-corrected chi connectivity index (χ2v) is 6.69. The highest BCUT2D eigenvalue weighted by molar-refractivity contribution is 5.99. The Morgan fingerprint density at radius 2 is 1.92 bits per heavy atom. The van der Waals surface area contributed by atoms with Crippen LogP contribution in [0.1, 0.15) is 41.4 Å². The Balaban J connectivity index is 1.56. The Morgan fingerprint density at radius 1 is 1.20 bits per heavy atom. The van der Waals surface area contributed by atoms with Gasteiger partial charge in [0.15, 0.2) is 0 Å². The summed E-state index contributed by atoms with van der Waals surface area (Å²) < 4.78 is 0. The summed E-state index contributed by atoms with van der Waals surface area (Å²) in [4.78, 5) is 32.7. The third-order valence-electron chi connectivity index (χ3n) is 4.37. The maximum Gasteiger partial charge on any atom is 0.272 e. The molecule has 0 aliphatic heterocycles. The van der Waals surface area contributed by atoms with E-state index >= 15 is 0 Å². The predicted octanol–water partition coefficient (Wildman–Crippen LogP) is 1.79. The summed E-state index contributed by atoms with van der Waals surface area (Å²) in [6.45, 7) is 4.02. The summed E-state index contributed by atoms with van der Waals surface area (Å²) in [5.74, 6) is -0.503. The molecule has 1 saturated carbocycles. The zero-order chi connectivity index (χ0) is 17.9. The molecular formula is C19H22N4O2. The molecule has 0 unspecified atom stereocenters. The molecule has 25 heavy (non-hydrogen) atoms. The van der Waals surface area contributed by atoms with Gasteiger partial charge < -0.3 is 10.6 Å². The maximum atomic E-state index is 12.6. The van der Waals surface area contributed by atoms with Crippen LogP contribution in [-0.2, 0) is 11.2 Å². The minimum Gasteiger partial charge on any atom is -0.351 e. The van der Waals surface area contributed by atoms with Gasteiger partial charge in [0.05, 0.1) is 6.20 Å². The van der Waals surface area contributed by atoms with Gasteiger partial charge in [-0.25, -0.2) is 4.98 Å². The first-order chi connectivity index (χ1) is 12.0. The number of benzene rings is 1. The van der Waals surface area contributed by atoms with Crippen LogP contribution in [0.5, 0.6) is 0 Å². The molecule has 2 aromatic rings. The van der Waals surface area contributed by atoms with Gasteiger partial charge in [-0.1, -0.05) is 29.8 Å². The van der Waals surface area contributed by atoms with Crippen LogP contribution >= 0.6 is 0 Å². The van der Waals surface area contributed by atoms with E-state index < -0.39 is 5.54 Å². The summed E-state index contributed by atoms with van der Waals surface area (Å²) in [6.07, 6.45) is 6.38. The summed E-state index contributed by atoms with van der Waals surface area (Å²) in [5.41, 5.74) is 1.79. The van der Waals surface area contributed by atoms with Gasteiger partial charge in [-0.15, -0.1) is 0 Å². The Kier molecular flexibility index (Phi) is 4.79. The second-order valence-electron chi connectivity index (χ2n) is 6.69. The molecule has 2 amide bonds. The van der Waals surface area contributed by atoms with Crippen molar-refractivity contribution in [2.45, 2.75) is 44.7 Å². The Bertz CT molecular complexity index is 755. The number of hydrogen-bond acceptors (Lipinski definition) is 4. The van der Waals surface area contributed by atoms with Crippen LogP contribution in [0.4, 0.5) is 0 Å². The van der Waals surface area contributed by atoms with Crippen LogP contribution in [0, 0.1) is 6.92 Å². The molecule has 1 heterocycles. The molecule has 0 spiro atoms. The van der Waals surface area contributed by atoms with Crippen molar-refractivity contribution in [2.24, 2.45) is 0 Å². The normalized spacial score (nSPS) is 15.9. The molecule has 0 radical (unpaired) electrons. The van der Waals surface area contributed by atoms with E-state index in [1.807, 2.05) is 13.8 Å². The van der Waals surface area contributed by atoms with Gasteiger partial charge in [0.1, 0.15) is 11.2 Å². The Labute approximate surface area is 147 Å². The number of rotatable bonds is 6. The lowest BCUT2D eigenvalue weighted by Crippen LogP contribution is -2.51. The van der Waals surface area contributed by atoms with Gasteiger partial charge in [0.2, 0.25) is 5.91 Å². The lowest BCUT2D eigenvalue weighted by atomic mass is 10.0. The Morgan fingerprint density at radius 3 is 2.52 bits per heavy atom. The zero-order valence-electron chi connectivity index (χ0n) is 14.5. The first-order valence-corrected chi connectivity index (χ1v) is 8.43. The topological polar surface area (TPSA) is 84.0 Å². The van der Waals surface area contributed by atoms with Gasteiger partial charge in [-0.3, -0.25) is 14.6 Å². The lowest BCUT2D eigenvalue weighted by molar-refractivity contribution is -0.124. The third kappa shape index (κ3) is 4.21. The fourth-order valence-corrected chi connectivity index (χ4v) is 2.72. The number of carbonyl (C=O) groups excluding carboxylic acids is 2. The number of amides is 2. The average molecular weight is 338 g/mol. The van der Waals surface area contributed by atoms with E-state index in [9.17, 15) is 9.59 Å². The van der Waals surface area contributed by atoms with Crippen LogP contribution in [0.15, 0.2) is 42.9 Å². The van der Waals surface area contributed by atoms with Crippen molar-refractivity contribution in [3.05, 3.63) is 59.7 Å². The SMILES string of the molecule is Cc1ccc(C[C@@H](C)NC(=O)C2(NC(=O)c3cnccn3)CC2)cc1. The van der Waals surface area contributed by atoms with E-state index in [2.05, 4.69) is 44.9 Å². The van der Waals surface area contributed by atoms with Gasteiger partial charge in [0.25, 0.3) is 5.91 Å². The molecule has 1 aliphatic rings. The molecule has 0 bridgehead atoms. The second kappa shape index (κ2) is 7.01. The zero-order valence-corrected chi connectivity index (χ0v) is 14.5. The number of aryl methyl sites for hydroxylation is 1. The van der Waals surface area contributed by atoms with Crippen molar-refractivity contribution < 1.29 is 9.59 Å². The van der Waals surface area contributed by atoms with Gasteiger partial charge in [-0.2, -0.15) is 0 Å². The molecule has 2 N–H and O–H groups in total. The molecular weight excluding hydrogens is 316 g/mol. The van der Waals surface area contributed by atoms with Crippen molar-refractivity contribution in [1.29, 1.82) is 0 Å². The van der Waals surface area contributed by atoms with Crippen molar-refractivity contribution in [3.8, 4) is 0 Å². The number of hydrogen-bond donors (Lipinski definition) is 2. The fraction of sp³-hybridized carbons (Fsp3) is 0.368. The van der Waals surface area contributed by atoms with Crippen LogP contribution in [0.3, 0.4) is 0 Å². The number of nitrogens with zero attached hydrogens (tertiary/aromatic N) is 2. The third-order valence-corrected chi connectivity index (χ3v) is 4.37. The van der Waals surface area contributed by atoms with Crippen LogP contribution in [0.2, 0.25) is 0 Å². The van der Waals surface area contributed by atoms with Crippen molar-refractivity contribution in [3.63, 3.8) is 0 Å². The monoisotopic (exact) mass is 338 g/mol. The lowest BCUT2D eigenvalue weighted by Gasteiger charge is -2.21. The standard InChI is InChI=1S/C19H22N4O2/c1-13-3-5-15(6-4-13)11-14(2)22-18(25)19(7-8-19)23-17(24)16-12-20-9-10-21-16/h3-6,9-10,12,14H,7-8,11H2,1-2H3,(H,22,25)(H,23,24)/t14-/m1/s1. The minimum atomic E-state index is -0.809. The molecule has 1 aliphatic carbocycles. The molecule has 130 valence electrons. The highest BCUT2D eigenvalue weighted by atomic mass is 16.2. The summed E-state index contributed by atoms with van der Waals surface area (Å²) in [5, 5.41) is 5.82. The van der Waals surface area contributed by atoms with Crippen molar-refractivity contribution in [2.75, 3.05) is 0 Å². The first kappa shape index (κ1) is 17.1. The summed E-state index contributed by atoms with van der Waals surface area (Å²) >= 11 is 0. The van der Waals surface area contributed by atoms with E-state index in [0.29, 0.717) is 12.8 Å². The van der Waals surface area contributed by atoms with Crippen LogP contribution in [-0.4, -0.2) is 33.4 Å². The first-order valence-electron chi connectivity index (χ1n) is 8.43. The largest absolute Gasteiger partial charge is 0.351 e. The molecule has 1 aromatic heterocycles. The van der Waals surface area contributed by atoms with E-state index in [-0.39, 0.29) is 23.6 Å². The van der Waals surface area contributed by atoms with E-state index in [1.165, 1.54) is 29.7 Å². The molecule has 0 saturated heterocycles. The average Bonchev–Trinajstić information content (AvgIpc) is 3.38. The molecule has 1 fully saturated rings. The smallest absolute Gasteiger partial charge is 0.272 e. The van der Waals surface area contributed by atoms with Crippen molar-refractivity contribution in [1.82, 2.24) is 20.6 Å². The van der Waals surface area contributed by atoms with Gasteiger partial charge in [-0.05, 0) is 38.7 Å². The Hall–Kier alpha value is -2.76. The molecule has 3 rings (SSSR count). The van der Waals surface area contributed by atoms with Gasteiger partial charge in [0, 0.05) is 18.4 Å². The van der Waals surface area contributed by atoms with Crippen molar-refractivity contribution >= 4 is 11.8 Å². The number of carbonyl (C=O) groups is 2. The highest BCUT2D eigenvalue weighted by Gasteiger charge is 2.51. The summed E-state index contributed by atoms with van der Waals surface area (Å²) in [6, 6.07) is 8.25. The molecule has 6 heteroatoms. The fourth-order valence-electron chi connectivity index (χ4n) is 2.72. The highest BCUT2D eigenvalue weighted by Crippen LogP contribution is 2.36. The minimum absolute atomic E-state index is 0.0129. The van der Waals surface area contributed by atoms with Gasteiger partial charge >= 0.3 is 0 Å². The van der Waals surface area contributed by atoms with Crippen LogP contribution < -0.4 is 10.6 Å². The quantitative estimate of drug-likeness (QED) is 0.841. The molecule has 6 nitrogen and oxygen atoms in total. The number of nitrogens with one attached hydrogen (secondary N) is 2. The number of aromatic nitrogens is 2. The maximum absolute atomic E-state index is 12.6. The molecule has 1 aromatic carbocycles. The summed E-state index contributed by atoms with van der Waals surface area (Å²) in [7, 11) is 0.